The summed E-state index contributed by atoms with van der Waals surface area (Å²) in [6, 6.07) is 9.70. The fourth-order valence-corrected chi connectivity index (χ4v) is 2.64. The van der Waals surface area contributed by atoms with Crippen LogP contribution in [0, 0.1) is 0 Å². The number of carbonyl (C=O) groups excluding carboxylic acids is 2. The molecule has 0 radical (unpaired) electrons. The summed E-state index contributed by atoms with van der Waals surface area (Å²) in [6.07, 6.45) is 8.00. The van der Waals surface area contributed by atoms with E-state index in [4.69, 9.17) is 0 Å². The molecule has 0 N–H and O–H groups in total. The minimum atomic E-state index is -0.251. The van der Waals surface area contributed by atoms with Gasteiger partial charge in [-0.25, -0.2) is 0 Å². The minimum absolute atomic E-state index is 0.0835. The van der Waals surface area contributed by atoms with Crippen molar-refractivity contribution in [2.45, 2.75) is 71.1 Å². The zero-order valence-corrected chi connectivity index (χ0v) is 13.4. The van der Waals surface area contributed by atoms with Crippen molar-refractivity contribution in [1.29, 1.82) is 0 Å². The number of hydrogen-bond acceptors (Lipinski definition) is 2. The van der Waals surface area contributed by atoms with Gasteiger partial charge in [0.2, 0.25) is 0 Å². The zero-order chi connectivity index (χ0) is 15.5. The summed E-state index contributed by atoms with van der Waals surface area (Å²) < 4.78 is 0. The molecular formula is C19H28O2. The molecule has 0 aliphatic carbocycles. The molecule has 21 heavy (non-hydrogen) atoms. The van der Waals surface area contributed by atoms with Crippen molar-refractivity contribution < 1.29 is 9.59 Å². The van der Waals surface area contributed by atoms with Gasteiger partial charge in [0.15, 0.2) is 0 Å². The Morgan fingerprint density at radius 2 is 1.57 bits per heavy atom. The molecule has 0 saturated carbocycles. The molecule has 1 aromatic rings. The van der Waals surface area contributed by atoms with E-state index in [-0.39, 0.29) is 17.5 Å². The molecule has 0 fully saturated rings. The van der Waals surface area contributed by atoms with Crippen LogP contribution in [0.2, 0.25) is 0 Å². The maximum absolute atomic E-state index is 12.4. The summed E-state index contributed by atoms with van der Waals surface area (Å²) in [6.45, 7) is 3.77. The predicted molar refractivity (Wildman–Crippen MR) is 87.5 cm³/mol. The van der Waals surface area contributed by atoms with E-state index >= 15 is 0 Å². The predicted octanol–water partition coefficient (Wildman–Crippen LogP) is 5.07. The molecule has 116 valence electrons. The summed E-state index contributed by atoms with van der Waals surface area (Å²) >= 11 is 0. The summed E-state index contributed by atoms with van der Waals surface area (Å²) in [5, 5.41) is 0. The third kappa shape index (κ3) is 7.22. The summed E-state index contributed by atoms with van der Waals surface area (Å²) in [5.74, 6) is 0.0476. The van der Waals surface area contributed by atoms with Gasteiger partial charge in [0.1, 0.15) is 11.6 Å². The van der Waals surface area contributed by atoms with Crippen LogP contribution in [0.15, 0.2) is 30.3 Å². The van der Waals surface area contributed by atoms with Gasteiger partial charge >= 0.3 is 0 Å². The van der Waals surface area contributed by atoms with Crippen LogP contribution >= 0.6 is 0 Å². The zero-order valence-electron chi connectivity index (χ0n) is 13.4. The first kappa shape index (κ1) is 17.6. The molecule has 1 rings (SSSR count). The first-order chi connectivity index (χ1) is 10.1. The molecule has 0 aromatic heterocycles. The van der Waals surface area contributed by atoms with Gasteiger partial charge in [0.05, 0.1) is 0 Å². The Morgan fingerprint density at radius 3 is 2.19 bits per heavy atom. The van der Waals surface area contributed by atoms with Gasteiger partial charge in [-0.2, -0.15) is 0 Å². The number of ketones is 2. The molecule has 0 saturated heterocycles. The molecule has 2 heteroatoms. The molecule has 0 heterocycles. The number of rotatable bonds is 11. The highest BCUT2D eigenvalue weighted by Gasteiger charge is 2.21. The van der Waals surface area contributed by atoms with Gasteiger partial charge in [-0.15, -0.1) is 0 Å². The van der Waals surface area contributed by atoms with Crippen LogP contribution in [0.4, 0.5) is 0 Å². The molecule has 0 amide bonds. The van der Waals surface area contributed by atoms with Crippen molar-refractivity contribution >= 4 is 11.6 Å². The Bertz CT molecular complexity index is 422. The van der Waals surface area contributed by atoms with E-state index in [1.54, 1.807) is 6.92 Å². The number of hydrogen-bond donors (Lipinski definition) is 0. The number of unbranched alkanes of at least 4 members (excludes halogenated alkanes) is 5. The average Bonchev–Trinajstić information content (AvgIpc) is 2.49. The van der Waals surface area contributed by atoms with E-state index in [9.17, 15) is 9.59 Å². The lowest BCUT2D eigenvalue weighted by molar-refractivity contribution is -0.124. The highest BCUT2D eigenvalue weighted by Crippen LogP contribution is 2.23. The third-order valence-corrected chi connectivity index (χ3v) is 3.86. The van der Waals surface area contributed by atoms with Crippen LogP contribution in [-0.2, 0) is 9.59 Å². The van der Waals surface area contributed by atoms with Gasteiger partial charge in [0.25, 0.3) is 0 Å². The minimum Gasteiger partial charge on any atom is -0.300 e. The summed E-state index contributed by atoms with van der Waals surface area (Å²) in [7, 11) is 0. The largest absolute Gasteiger partial charge is 0.300 e. The standard InChI is InChI=1S/C19H28O2/c1-3-4-5-6-7-11-14-19(21)18(15-16(2)20)17-12-9-8-10-13-17/h8-10,12-13,18H,3-7,11,14-15H2,1-2H3. The maximum atomic E-state index is 12.4. The van der Waals surface area contributed by atoms with Crippen molar-refractivity contribution in [3.8, 4) is 0 Å². The smallest absolute Gasteiger partial charge is 0.140 e. The molecule has 0 aliphatic rings. The van der Waals surface area contributed by atoms with Crippen LogP contribution in [0.3, 0.4) is 0 Å². The maximum Gasteiger partial charge on any atom is 0.140 e. The van der Waals surface area contributed by atoms with E-state index in [1.165, 1.54) is 25.7 Å². The summed E-state index contributed by atoms with van der Waals surface area (Å²) in [5.41, 5.74) is 0.976. The SMILES string of the molecule is CCCCCCCCC(=O)C(CC(C)=O)c1ccccc1. The molecule has 0 bridgehead atoms. The highest BCUT2D eigenvalue weighted by molar-refractivity contribution is 5.91. The van der Waals surface area contributed by atoms with Crippen molar-refractivity contribution in [1.82, 2.24) is 0 Å². The first-order valence-corrected chi connectivity index (χ1v) is 8.22. The van der Waals surface area contributed by atoms with Crippen molar-refractivity contribution in [2.24, 2.45) is 0 Å². The second-order valence-corrected chi connectivity index (χ2v) is 5.85. The number of benzene rings is 1. The van der Waals surface area contributed by atoms with Crippen LogP contribution < -0.4 is 0 Å². The molecule has 1 atom stereocenters. The number of carbonyl (C=O) groups is 2. The Kier molecular flexibility index (Phi) is 8.65. The molecule has 0 spiro atoms. The lowest BCUT2D eigenvalue weighted by atomic mass is 9.88. The van der Waals surface area contributed by atoms with E-state index in [1.807, 2.05) is 30.3 Å². The molecule has 1 aromatic carbocycles. The van der Waals surface area contributed by atoms with Gasteiger partial charge in [-0.05, 0) is 18.9 Å². The normalized spacial score (nSPS) is 12.1. The van der Waals surface area contributed by atoms with Crippen LogP contribution in [0.5, 0.6) is 0 Å². The van der Waals surface area contributed by atoms with Gasteiger partial charge in [0, 0.05) is 18.8 Å². The molecule has 0 aliphatic heterocycles. The van der Waals surface area contributed by atoms with Crippen LogP contribution in [0.25, 0.3) is 0 Å². The van der Waals surface area contributed by atoms with E-state index in [0.717, 1.165) is 18.4 Å². The summed E-state index contributed by atoms with van der Waals surface area (Å²) in [4.78, 5) is 23.8. The second-order valence-electron chi connectivity index (χ2n) is 5.85. The fraction of sp³-hybridized carbons (Fsp3) is 0.579. The molecular weight excluding hydrogens is 260 g/mol. The highest BCUT2D eigenvalue weighted by atomic mass is 16.1. The van der Waals surface area contributed by atoms with Crippen molar-refractivity contribution in [3.63, 3.8) is 0 Å². The molecule has 1 unspecified atom stereocenters. The second kappa shape index (κ2) is 10.3. The Labute approximate surface area is 128 Å². The topological polar surface area (TPSA) is 34.1 Å². The molecule has 2 nitrogen and oxygen atoms in total. The van der Waals surface area contributed by atoms with E-state index in [0.29, 0.717) is 12.8 Å². The average molecular weight is 288 g/mol. The lowest BCUT2D eigenvalue weighted by Crippen LogP contribution is -2.15. The van der Waals surface area contributed by atoms with Gasteiger partial charge in [-0.3, -0.25) is 9.59 Å². The third-order valence-electron chi connectivity index (χ3n) is 3.86. The monoisotopic (exact) mass is 288 g/mol. The Balaban J connectivity index is 2.47. The van der Waals surface area contributed by atoms with Gasteiger partial charge in [-0.1, -0.05) is 69.4 Å². The van der Waals surface area contributed by atoms with Crippen molar-refractivity contribution in [2.75, 3.05) is 0 Å². The van der Waals surface area contributed by atoms with Gasteiger partial charge < -0.3 is 0 Å². The lowest BCUT2D eigenvalue weighted by Gasteiger charge is -2.15. The Morgan fingerprint density at radius 1 is 0.952 bits per heavy atom. The fourth-order valence-electron chi connectivity index (χ4n) is 2.64. The number of Topliss-reactive ketones (excluding diaryl/α,β-unsaturated/α-hetero) is 2. The van der Waals surface area contributed by atoms with Crippen molar-refractivity contribution in [3.05, 3.63) is 35.9 Å². The van der Waals surface area contributed by atoms with E-state index < -0.39 is 0 Å². The van der Waals surface area contributed by atoms with Crippen LogP contribution in [0.1, 0.15) is 76.7 Å². The quantitative estimate of drug-likeness (QED) is 0.533. The van der Waals surface area contributed by atoms with E-state index in [2.05, 4.69) is 6.92 Å². The first-order valence-electron chi connectivity index (χ1n) is 8.22. The van der Waals surface area contributed by atoms with Crippen LogP contribution in [-0.4, -0.2) is 11.6 Å². The Hall–Kier alpha value is -1.44.